The van der Waals surface area contributed by atoms with Crippen LogP contribution in [0.15, 0.2) is 41.8 Å². The lowest BCUT2D eigenvalue weighted by atomic mass is 9.93. The molecule has 4 rings (SSSR count). The van der Waals surface area contributed by atoms with Gasteiger partial charge >= 0.3 is 5.97 Å². The zero-order valence-electron chi connectivity index (χ0n) is 21.8. The number of hydrogen-bond donors (Lipinski definition) is 4. The summed E-state index contributed by atoms with van der Waals surface area (Å²) in [5.41, 5.74) is 2.78. The Morgan fingerprint density at radius 3 is 2.35 bits per heavy atom. The van der Waals surface area contributed by atoms with Gasteiger partial charge in [-0.05, 0) is 49.9 Å². The number of pyridine rings is 1. The fraction of sp³-hybridized carbons (Fsp3) is 0.333. The summed E-state index contributed by atoms with van der Waals surface area (Å²) < 4.78 is 8.25. The molecule has 0 spiro atoms. The van der Waals surface area contributed by atoms with Gasteiger partial charge in [0.25, 0.3) is 0 Å². The standard InChI is InChI=1S/C27H32ClN5O3S/c1-27(2,3)36-22(26(34)35)20-18(15-9-11-16(28)12-10-15)19-21(29-4)25(31-6)33(14-17-8-7-13-37-17)24(19)32-23(20)30-5/h7-13,22,29,31H,14H2,1-6H3,(H,30,32)(H,34,35)/t22-/m0/s1. The number of nitrogens with zero attached hydrogens (tertiary/aromatic N) is 2. The van der Waals surface area contributed by atoms with E-state index in [1.54, 1.807) is 30.5 Å². The number of carbonyl (C=O) groups is 1. The fourth-order valence-corrected chi connectivity index (χ4v) is 5.36. The lowest BCUT2D eigenvalue weighted by Crippen LogP contribution is -2.28. The SMILES string of the molecule is CNc1nc2c(c(NC)c(NC)n2Cc2cccs2)c(-c2ccc(Cl)cc2)c1[C@H](OC(C)(C)C)C(=O)O. The Morgan fingerprint density at radius 2 is 1.84 bits per heavy atom. The number of thiophene rings is 1. The van der Waals surface area contributed by atoms with Gasteiger partial charge in [0, 0.05) is 42.2 Å². The third-order valence-corrected chi connectivity index (χ3v) is 7.05. The molecule has 0 amide bonds. The smallest absolute Gasteiger partial charge is 0.337 e. The van der Waals surface area contributed by atoms with Crippen molar-refractivity contribution in [3.05, 3.63) is 57.2 Å². The summed E-state index contributed by atoms with van der Waals surface area (Å²) >= 11 is 7.90. The minimum Gasteiger partial charge on any atom is -0.479 e. The summed E-state index contributed by atoms with van der Waals surface area (Å²) in [7, 11) is 5.46. The van der Waals surface area contributed by atoms with Crippen molar-refractivity contribution in [1.29, 1.82) is 0 Å². The lowest BCUT2D eigenvalue weighted by molar-refractivity contribution is -0.160. The molecule has 0 saturated carbocycles. The third-order valence-electron chi connectivity index (χ3n) is 5.94. The van der Waals surface area contributed by atoms with Crippen LogP contribution in [0.25, 0.3) is 22.2 Å². The Balaban J connectivity index is 2.18. The summed E-state index contributed by atoms with van der Waals surface area (Å²) in [6, 6.07) is 11.5. The van der Waals surface area contributed by atoms with E-state index < -0.39 is 17.7 Å². The molecule has 0 aliphatic rings. The van der Waals surface area contributed by atoms with Crippen LogP contribution >= 0.6 is 22.9 Å². The van der Waals surface area contributed by atoms with Crippen molar-refractivity contribution >= 4 is 57.3 Å². The number of carboxylic acids is 1. The van der Waals surface area contributed by atoms with Crippen LogP contribution in [-0.4, -0.2) is 47.4 Å². The number of rotatable bonds is 9. The van der Waals surface area contributed by atoms with E-state index in [4.69, 9.17) is 21.3 Å². The zero-order chi connectivity index (χ0) is 26.9. The van der Waals surface area contributed by atoms with Gasteiger partial charge in [0.05, 0.1) is 23.2 Å². The molecule has 0 aliphatic heterocycles. The molecule has 196 valence electrons. The highest BCUT2D eigenvalue weighted by Crippen LogP contribution is 2.47. The number of carboxylic acid groups (broad SMARTS) is 1. The number of nitrogens with one attached hydrogen (secondary N) is 3. The van der Waals surface area contributed by atoms with E-state index in [0.29, 0.717) is 34.2 Å². The number of ether oxygens (including phenoxy) is 1. The van der Waals surface area contributed by atoms with E-state index in [1.807, 2.05) is 58.4 Å². The van der Waals surface area contributed by atoms with Gasteiger partial charge in [-0.25, -0.2) is 9.78 Å². The summed E-state index contributed by atoms with van der Waals surface area (Å²) in [5, 5.41) is 23.6. The van der Waals surface area contributed by atoms with Crippen molar-refractivity contribution in [3.8, 4) is 11.1 Å². The molecule has 0 aliphatic carbocycles. The molecule has 0 bridgehead atoms. The fourth-order valence-electron chi connectivity index (χ4n) is 4.54. The molecule has 0 radical (unpaired) electrons. The second-order valence-electron chi connectivity index (χ2n) is 9.54. The highest BCUT2D eigenvalue weighted by atomic mass is 35.5. The molecule has 1 aromatic carbocycles. The number of benzene rings is 1. The molecular weight excluding hydrogens is 510 g/mol. The van der Waals surface area contributed by atoms with E-state index in [1.165, 1.54) is 4.88 Å². The van der Waals surface area contributed by atoms with Crippen molar-refractivity contribution in [2.75, 3.05) is 37.1 Å². The maximum absolute atomic E-state index is 12.7. The van der Waals surface area contributed by atoms with Gasteiger partial charge in [0.15, 0.2) is 6.10 Å². The van der Waals surface area contributed by atoms with Crippen LogP contribution in [0.2, 0.25) is 5.02 Å². The van der Waals surface area contributed by atoms with Gasteiger partial charge in [-0.1, -0.05) is 29.8 Å². The predicted octanol–water partition coefficient (Wildman–Crippen LogP) is 6.53. The first kappa shape index (κ1) is 26.8. The van der Waals surface area contributed by atoms with Crippen molar-refractivity contribution in [3.63, 3.8) is 0 Å². The number of hydrogen-bond acceptors (Lipinski definition) is 7. The average molecular weight is 542 g/mol. The van der Waals surface area contributed by atoms with Crippen LogP contribution in [0.4, 0.5) is 17.3 Å². The first-order valence-corrected chi connectivity index (χ1v) is 13.2. The third kappa shape index (κ3) is 5.25. The van der Waals surface area contributed by atoms with Crippen molar-refractivity contribution in [1.82, 2.24) is 9.55 Å². The zero-order valence-corrected chi connectivity index (χ0v) is 23.3. The summed E-state index contributed by atoms with van der Waals surface area (Å²) in [6.45, 7) is 6.12. The van der Waals surface area contributed by atoms with E-state index >= 15 is 0 Å². The Hall–Kier alpha value is -3.27. The van der Waals surface area contributed by atoms with Gasteiger partial charge in [0.2, 0.25) is 0 Å². The van der Waals surface area contributed by atoms with E-state index in [2.05, 4.69) is 26.6 Å². The molecule has 0 saturated heterocycles. The number of aliphatic carboxylic acids is 1. The largest absolute Gasteiger partial charge is 0.479 e. The lowest BCUT2D eigenvalue weighted by Gasteiger charge is -2.28. The van der Waals surface area contributed by atoms with Gasteiger partial charge in [-0.2, -0.15) is 0 Å². The second-order valence-corrected chi connectivity index (χ2v) is 11.0. The topological polar surface area (TPSA) is 100 Å². The van der Waals surface area contributed by atoms with Gasteiger partial charge in [0.1, 0.15) is 17.3 Å². The molecule has 10 heteroatoms. The minimum atomic E-state index is -1.27. The van der Waals surface area contributed by atoms with Crippen LogP contribution in [-0.2, 0) is 16.1 Å². The number of anilines is 3. The van der Waals surface area contributed by atoms with E-state index in [0.717, 1.165) is 22.5 Å². The van der Waals surface area contributed by atoms with Crippen LogP contribution in [0.5, 0.6) is 0 Å². The Labute approximate surface area is 225 Å². The van der Waals surface area contributed by atoms with Crippen LogP contribution in [0, 0.1) is 0 Å². The molecule has 1 atom stereocenters. The van der Waals surface area contributed by atoms with E-state index in [9.17, 15) is 9.90 Å². The van der Waals surface area contributed by atoms with Crippen molar-refractivity contribution in [2.24, 2.45) is 0 Å². The monoisotopic (exact) mass is 541 g/mol. The highest BCUT2D eigenvalue weighted by molar-refractivity contribution is 7.09. The van der Waals surface area contributed by atoms with Crippen LogP contribution < -0.4 is 16.0 Å². The minimum absolute atomic E-state index is 0.435. The molecule has 0 unspecified atom stereocenters. The van der Waals surface area contributed by atoms with E-state index in [-0.39, 0.29) is 0 Å². The van der Waals surface area contributed by atoms with Gasteiger partial charge < -0.3 is 30.4 Å². The Kier molecular flexibility index (Phi) is 7.68. The normalized spacial score (nSPS) is 12.5. The molecule has 4 aromatic rings. The quantitative estimate of drug-likeness (QED) is 0.191. The molecule has 3 aromatic heterocycles. The Bertz CT molecular complexity index is 1410. The molecule has 8 nitrogen and oxygen atoms in total. The highest BCUT2D eigenvalue weighted by Gasteiger charge is 2.35. The van der Waals surface area contributed by atoms with Crippen LogP contribution in [0.3, 0.4) is 0 Å². The molecular formula is C27H32ClN5O3S. The van der Waals surface area contributed by atoms with Crippen molar-refractivity contribution in [2.45, 2.75) is 39.0 Å². The molecule has 0 fully saturated rings. The predicted molar refractivity (Wildman–Crippen MR) is 153 cm³/mol. The maximum atomic E-state index is 12.7. The van der Waals surface area contributed by atoms with Gasteiger partial charge in [-0.3, -0.25) is 0 Å². The van der Waals surface area contributed by atoms with Crippen molar-refractivity contribution < 1.29 is 14.6 Å². The Morgan fingerprint density at radius 1 is 1.14 bits per heavy atom. The molecule has 37 heavy (non-hydrogen) atoms. The average Bonchev–Trinajstić information content (AvgIpc) is 3.47. The summed E-state index contributed by atoms with van der Waals surface area (Å²) in [5.74, 6) is 0.182. The number of aromatic nitrogens is 2. The van der Waals surface area contributed by atoms with Crippen LogP contribution in [0.1, 0.15) is 37.3 Å². The number of halogens is 1. The summed E-state index contributed by atoms with van der Waals surface area (Å²) in [6.07, 6.45) is -1.27. The maximum Gasteiger partial charge on any atom is 0.337 e. The first-order valence-electron chi connectivity index (χ1n) is 11.9. The molecule has 3 heterocycles. The molecule has 4 N–H and O–H groups in total. The summed E-state index contributed by atoms with van der Waals surface area (Å²) in [4.78, 5) is 18.8. The number of fused-ring (bicyclic) bond motifs is 1. The second kappa shape index (κ2) is 10.6. The first-order chi connectivity index (χ1) is 17.6. The van der Waals surface area contributed by atoms with Gasteiger partial charge in [-0.15, -0.1) is 11.3 Å².